The Balaban J connectivity index is 3.33. The normalized spacial score (nSPS) is 12.5. The Labute approximate surface area is 83.4 Å². The van der Waals surface area contributed by atoms with Crippen LogP contribution in [0.3, 0.4) is 0 Å². The second kappa shape index (κ2) is 3.61. The third-order valence-electron chi connectivity index (χ3n) is 1.40. The molecule has 0 aromatic carbocycles. The highest BCUT2D eigenvalue weighted by atomic mass is 32.2. The van der Waals surface area contributed by atoms with Crippen LogP contribution in [0.5, 0.6) is 0 Å². The highest BCUT2D eigenvalue weighted by Gasteiger charge is 2.33. The van der Waals surface area contributed by atoms with E-state index in [-0.39, 0.29) is 0 Å². The van der Waals surface area contributed by atoms with E-state index >= 15 is 0 Å². The molecule has 1 heterocycles. The summed E-state index contributed by atoms with van der Waals surface area (Å²) in [6, 6.07) is 0.585. The Bertz CT molecular complexity index is 481. The fourth-order valence-electron chi connectivity index (χ4n) is 0.710. The number of halogens is 3. The average Bonchev–Trinajstić information content (AvgIpc) is 2.17. The van der Waals surface area contributed by atoms with Gasteiger partial charge in [-0.2, -0.15) is 13.2 Å². The first kappa shape index (κ1) is 11.6. The van der Waals surface area contributed by atoms with Crippen LogP contribution in [0.1, 0.15) is 5.69 Å². The van der Waals surface area contributed by atoms with E-state index in [2.05, 4.69) is 16.5 Å². The Hall–Kier alpha value is -1.44. The van der Waals surface area contributed by atoms with Crippen LogP contribution >= 0.6 is 0 Å². The van der Waals surface area contributed by atoms with E-state index in [9.17, 15) is 21.6 Å². The molecule has 0 fully saturated rings. The second-order valence-corrected chi connectivity index (χ2v) is 4.22. The van der Waals surface area contributed by atoms with Crippen molar-refractivity contribution in [3.05, 3.63) is 29.9 Å². The lowest BCUT2D eigenvalue weighted by atomic mass is 10.4. The summed E-state index contributed by atoms with van der Waals surface area (Å²) in [6.07, 6.45) is -3.97. The maximum Gasteiger partial charge on any atom is 0.433 e. The smallest absolute Gasteiger partial charge is 0.226 e. The van der Waals surface area contributed by atoms with Crippen LogP contribution in [0.2, 0.25) is 0 Å². The summed E-state index contributed by atoms with van der Waals surface area (Å²) in [5, 5.41) is -0.421. The van der Waals surface area contributed by atoms with Crippen LogP contribution in [0, 0.1) is 0 Å². The van der Waals surface area contributed by atoms with Crippen molar-refractivity contribution >= 4 is 9.84 Å². The van der Waals surface area contributed by atoms with Gasteiger partial charge in [0.1, 0.15) is 5.69 Å². The molecule has 0 saturated carbocycles. The summed E-state index contributed by atoms with van der Waals surface area (Å²) in [4.78, 5) is 6.12. The van der Waals surface area contributed by atoms with Crippen molar-refractivity contribution in [2.45, 2.75) is 11.3 Å². The number of rotatable bonds is 2. The van der Waals surface area contributed by atoms with E-state index in [1.165, 1.54) is 0 Å². The van der Waals surface area contributed by atoms with Gasteiger partial charge in [0.05, 0.1) is 0 Å². The Morgan fingerprint density at radius 1 is 1.40 bits per heavy atom. The lowest BCUT2D eigenvalue weighted by Gasteiger charge is -2.05. The van der Waals surface area contributed by atoms with Gasteiger partial charge in [0.2, 0.25) is 9.84 Å². The van der Waals surface area contributed by atoms with Crippen LogP contribution in [-0.2, 0) is 16.0 Å². The van der Waals surface area contributed by atoms with Gasteiger partial charge >= 0.3 is 6.18 Å². The summed E-state index contributed by atoms with van der Waals surface area (Å²) in [5.74, 6) is 0. The predicted octanol–water partition coefficient (Wildman–Crippen LogP) is 1.41. The van der Waals surface area contributed by atoms with E-state index in [0.717, 1.165) is 6.20 Å². The van der Waals surface area contributed by atoms with Gasteiger partial charge in [-0.1, -0.05) is 6.58 Å². The predicted molar refractivity (Wildman–Crippen MR) is 44.4 cm³/mol. The lowest BCUT2D eigenvalue weighted by molar-refractivity contribution is -0.141. The fraction of sp³-hybridized carbons (Fsp3) is 0.143. The first-order chi connectivity index (χ1) is 6.77. The van der Waals surface area contributed by atoms with Crippen LogP contribution < -0.4 is 0 Å². The van der Waals surface area contributed by atoms with Gasteiger partial charge in [0.25, 0.3) is 5.16 Å². The molecule has 82 valence electrons. The van der Waals surface area contributed by atoms with Gasteiger partial charge in [-0.25, -0.2) is 18.4 Å². The van der Waals surface area contributed by atoms with Gasteiger partial charge in [-0.3, -0.25) is 0 Å². The molecule has 4 nitrogen and oxygen atoms in total. The number of aromatic nitrogens is 2. The Morgan fingerprint density at radius 2 is 2.00 bits per heavy atom. The molecular formula is C7H5F3N2O2S. The summed E-state index contributed by atoms with van der Waals surface area (Å²) in [6.45, 7) is 2.95. The fourth-order valence-corrected chi connectivity index (χ4v) is 1.29. The molecule has 1 aromatic heterocycles. The third kappa shape index (κ3) is 2.52. The van der Waals surface area contributed by atoms with Crippen LogP contribution in [0.15, 0.2) is 29.4 Å². The summed E-state index contributed by atoms with van der Waals surface area (Å²) in [7, 11) is -4.04. The minimum Gasteiger partial charge on any atom is -0.226 e. The minimum absolute atomic E-state index is 0.489. The molecule has 0 aliphatic carbocycles. The van der Waals surface area contributed by atoms with E-state index < -0.39 is 26.9 Å². The van der Waals surface area contributed by atoms with Crippen molar-refractivity contribution in [1.29, 1.82) is 0 Å². The summed E-state index contributed by atoms with van der Waals surface area (Å²) >= 11 is 0. The van der Waals surface area contributed by atoms with Gasteiger partial charge in [0, 0.05) is 11.6 Å². The first-order valence-corrected chi connectivity index (χ1v) is 5.10. The van der Waals surface area contributed by atoms with E-state index in [0.29, 0.717) is 11.5 Å². The van der Waals surface area contributed by atoms with Crippen molar-refractivity contribution in [3.8, 4) is 0 Å². The lowest BCUT2D eigenvalue weighted by Crippen LogP contribution is -2.12. The van der Waals surface area contributed by atoms with Crippen LogP contribution in [0.25, 0.3) is 0 Å². The zero-order chi connectivity index (χ0) is 11.7. The molecule has 1 aromatic rings. The highest BCUT2D eigenvalue weighted by molar-refractivity contribution is 7.94. The number of alkyl halides is 3. The zero-order valence-corrected chi connectivity index (χ0v) is 8.01. The van der Waals surface area contributed by atoms with Crippen molar-refractivity contribution < 1.29 is 21.6 Å². The van der Waals surface area contributed by atoms with Crippen molar-refractivity contribution in [2.75, 3.05) is 0 Å². The molecule has 0 atom stereocenters. The van der Waals surface area contributed by atoms with Crippen molar-refractivity contribution in [1.82, 2.24) is 9.97 Å². The summed E-state index contributed by atoms with van der Waals surface area (Å²) < 4.78 is 58.6. The van der Waals surface area contributed by atoms with E-state index in [1.54, 1.807) is 0 Å². The van der Waals surface area contributed by atoms with E-state index in [4.69, 9.17) is 0 Å². The van der Waals surface area contributed by atoms with Gasteiger partial charge in [0.15, 0.2) is 0 Å². The highest BCUT2D eigenvalue weighted by Crippen LogP contribution is 2.27. The summed E-state index contributed by atoms with van der Waals surface area (Å²) in [5.41, 5.74) is -1.31. The zero-order valence-electron chi connectivity index (χ0n) is 7.19. The van der Waals surface area contributed by atoms with Crippen molar-refractivity contribution in [2.24, 2.45) is 0 Å². The molecule has 0 aliphatic rings. The molecule has 0 N–H and O–H groups in total. The topological polar surface area (TPSA) is 59.9 Å². The maximum absolute atomic E-state index is 12.1. The average molecular weight is 238 g/mol. The number of nitrogens with zero attached hydrogens (tertiary/aromatic N) is 2. The third-order valence-corrected chi connectivity index (χ3v) is 2.54. The van der Waals surface area contributed by atoms with E-state index in [1.807, 2.05) is 0 Å². The monoisotopic (exact) mass is 238 g/mol. The van der Waals surface area contributed by atoms with Crippen LogP contribution in [0.4, 0.5) is 13.2 Å². The van der Waals surface area contributed by atoms with Gasteiger partial charge < -0.3 is 0 Å². The maximum atomic E-state index is 12.1. The van der Waals surface area contributed by atoms with Gasteiger partial charge in [-0.15, -0.1) is 0 Å². The molecule has 0 radical (unpaired) electrons. The molecule has 15 heavy (non-hydrogen) atoms. The van der Waals surface area contributed by atoms with Crippen molar-refractivity contribution in [3.63, 3.8) is 0 Å². The quantitative estimate of drug-likeness (QED) is 0.731. The molecular weight excluding hydrogens is 233 g/mol. The SMILES string of the molecule is C=CS(=O)(=O)c1nccc(C(F)(F)F)n1. The second-order valence-electron chi connectivity index (χ2n) is 2.43. The van der Waals surface area contributed by atoms with Crippen LogP contribution in [-0.4, -0.2) is 18.4 Å². The molecule has 0 unspecified atom stereocenters. The molecule has 0 aliphatic heterocycles. The molecule has 8 heteroatoms. The minimum atomic E-state index is -4.70. The first-order valence-electron chi connectivity index (χ1n) is 3.55. The largest absolute Gasteiger partial charge is 0.433 e. The number of sulfone groups is 1. The Morgan fingerprint density at radius 3 is 2.47 bits per heavy atom. The number of hydrogen-bond acceptors (Lipinski definition) is 4. The number of hydrogen-bond donors (Lipinski definition) is 0. The standard InChI is InChI=1S/C7H5F3N2O2S/c1-2-15(13,14)6-11-4-3-5(12-6)7(8,9)10/h2-4H,1H2. The molecule has 0 bridgehead atoms. The molecule has 0 spiro atoms. The molecule has 0 saturated heterocycles. The molecule has 0 amide bonds. The van der Waals surface area contributed by atoms with Gasteiger partial charge in [-0.05, 0) is 6.07 Å². The Kier molecular flexibility index (Phi) is 2.80. The molecule has 1 rings (SSSR count).